The molecule has 2 atom stereocenters. The molecule has 0 radical (unpaired) electrons. The molecule has 1 saturated carbocycles. The van der Waals surface area contributed by atoms with Gasteiger partial charge in [-0.15, -0.1) is 0 Å². The number of rotatable bonds is 7. The zero-order valence-electron chi connectivity index (χ0n) is 16.1. The lowest BCUT2D eigenvalue weighted by atomic mass is 9.78. The lowest BCUT2D eigenvalue weighted by molar-refractivity contribution is -0.154. The SMILES string of the molecule is CCOC(=O)C1(CN=[N+]=[N-])CCC(CCB2OC(C)(C)C(C)(C)O2)C1. The first-order valence-electron chi connectivity index (χ1n) is 9.19. The second-order valence-corrected chi connectivity index (χ2v) is 8.26. The van der Waals surface area contributed by atoms with Gasteiger partial charge in [0, 0.05) is 11.5 Å². The molecular formula is C17H30BN3O4. The van der Waals surface area contributed by atoms with Crippen LogP contribution >= 0.6 is 0 Å². The fourth-order valence-electron chi connectivity index (χ4n) is 3.78. The van der Waals surface area contributed by atoms with Crippen LogP contribution in [0.5, 0.6) is 0 Å². The van der Waals surface area contributed by atoms with Crippen LogP contribution in [-0.4, -0.2) is 37.4 Å². The second-order valence-electron chi connectivity index (χ2n) is 8.26. The lowest BCUT2D eigenvalue weighted by Gasteiger charge is -2.32. The Morgan fingerprint density at radius 1 is 1.32 bits per heavy atom. The molecule has 0 aromatic carbocycles. The van der Waals surface area contributed by atoms with Gasteiger partial charge in [-0.2, -0.15) is 0 Å². The summed E-state index contributed by atoms with van der Waals surface area (Å²) in [4.78, 5) is 15.2. The smallest absolute Gasteiger partial charge is 0.457 e. The molecule has 1 aliphatic heterocycles. The Balaban J connectivity index is 1.92. The van der Waals surface area contributed by atoms with Gasteiger partial charge in [0.1, 0.15) is 0 Å². The first-order chi connectivity index (χ1) is 11.7. The van der Waals surface area contributed by atoms with Crippen LogP contribution in [0, 0.1) is 11.3 Å². The van der Waals surface area contributed by atoms with Gasteiger partial charge in [0.25, 0.3) is 0 Å². The van der Waals surface area contributed by atoms with E-state index in [2.05, 4.69) is 10.0 Å². The van der Waals surface area contributed by atoms with E-state index in [1.807, 2.05) is 27.7 Å². The van der Waals surface area contributed by atoms with Crippen LogP contribution in [0.3, 0.4) is 0 Å². The zero-order chi connectivity index (χ0) is 18.7. The number of ether oxygens (including phenoxy) is 1. The molecule has 0 amide bonds. The second kappa shape index (κ2) is 7.56. The van der Waals surface area contributed by atoms with Gasteiger partial charge in [-0.05, 0) is 71.7 Å². The highest BCUT2D eigenvalue weighted by atomic mass is 16.7. The number of hydrogen-bond donors (Lipinski definition) is 0. The summed E-state index contributed by atoms with van der Waals surface area (Å²) in [5, 5.41) is 3.67. The molecule has 2 fully saturated rings. The summed E-state index contributed by atoms with van der Waals surface area (Å²) < 4.78 is 17.3. The molecule has 1 heterocycles. The minimum absolute atomic E-state index is 0.176. The van der Waals surface area contributed by atoms with Crippen molar-refractivity contribution in [3.8, 4) is 0 Å². The van der Waals surface area contributed by atoms with Crippen LogP contribution in [-0.2, 0) is 18.8 Å². The molecule has 1 aliphatic carbocycles. The zero-order valence-corrected chi connectivity index (χ0v) is 16.1. The number of carbonyl (C=O) groups is 1. The van der Waals surface area contributed by atoms with Crippen molar-refractivity contribution in [2.45, 2.75) is 77.8 Å². The van der Waals surface area contributed by atoms with E-state index in [0.717, 1.165) is 19.2 Å². The molecule has 1 saturated heterocycles. The van der Waals surface area contributed by atoms with Gasteiger partial charge in [-0.3, -0.25) is 4.79 Å². The Morgan fingerprint density at radius 3 is 2.52 bits per heavy atom. The maximum Gasteiger partial charge on any atom is 0.457 e. The van der Waals surface area contributed by atoms with E-state index in [1.165, 1.54) is 0 Å². The number of esters is 1. The molecule has 7 nitrogen and oxygen atoms in total. The molecule has 2 rings (SSSR count). The summed E-state index contributed by atoms with van der Waals surface area (Å²) in [6.45, 7) is 10.5. The van der Waals surface area contributed by atoms with Gasteiger partial charge in [-0.25, -0.2) is 0 Å². The molecule has 25 heavy (non-hydrogen) atoms. The van der Waals surface area contributed by atoms with E-state index in [4.69, 9.17) is 19.6 Å². The van der Waals surface area contributed by atoms with Gasteiger partial charge < -0.3 is 14.0 Å². The van der Waals surface area contributed by atoms with Crippen LogP contribution in [0.4, 0.5) is 0 Å². The number of azide groups is 1. The van der Waals surface area contributed by atoms with Crippen LogP contribution in [0.1, 0.15) is 60.3 Å². The molecule has 2 aliphatic rings. The summed E-state index contributed by atoms with van der Waals surface area (Å²) in [6, 6.07) is 0. The van der Waals surface area contributed by atoms with Gasteiger partial charge >= 0.3 is 13.1 Å². The molecule has 0 aromatic heterocycles. The monoisotopic (exact) mass is 351 g/mol. The average Bonchev–Trinajstić information content (AvgIpc) is 3.03. The molecule has 0 N–H and O–H groups in total. The highest BCUT2D eigenvalue weighted by molar-refractivity contribution is 6.45. The van der Waals surface area contributed by atoms with Gasteiger partial charge in [0.15, 0.2) is 0 Å². The summed E-state index contributed by atoms with van der Waals surface area (Å²) >= 11 is 0. The summed E-state index contributed by atoms with van der Waals surface area (Å²) in [7, 11) is -0.209. The summed E-state index contributed by atoms with van der Waals surface area (Å²) in [6.07, 6.45) is 4.06. The summed E-state index contributed by atoms with van der Waals surface area (Å²) in [5.41, 5.74) is 7.34. The highest BCUT2D eigenvalue weighted by Gasteiger charge is 2.51. The maximum atomic E-state index is 12.4. The predicted molar refractivity (Wildman–Crippen MR) is 95.9 cm³/mol. The average molecular weight is 351 g/mol. The maximum absolute atomic E-state index is 12.4. The van der Waals surface area contributed by atoms with Crippen molar-refractivity contribution in [3.05, 3.63) is 10.4 Å². The summed E-state index contributed by atoms with van der Waals surface area (Å²) in [5.74, 6) is 0.151. The third kappa shape index (κ3) is 4.30. The molecule has 0 bridgehead atoms. The quantitative estimate of drug-likeness (QED) is 0.227. The molecule has 2 unspecified atom stereocenters. The van der Waals surface area contributed by atoms with Crippen molar-refractivity contribution in [1.82, 2.24) is 0 Å². The fraction of sp³-hybridized carbons (Fsp3) is 0.941. The van der Waals surface area contributed by atoms with Crippen molar-refractivity contribution >= 4 is 13.1 Å². The standard InChI is InChI=1S/C17H30BN3O4/c1-6-23-14(22)17(12-20-21-19)9-7-13(11-17)8-10-18-24-15(2,3)16(4,5)25-18/h13H,6-12H2,1-5H3. The topological polar surface area (TPSA) is 93.5 Å². The fourth-order valence-corrected chi connectivity index (χ4v) is 3.78. The normalized spacial score (nSPS) is 30.1. The first-order valence-corrected chi connectivity index (χ1v) is 9.19. The molecule has 0 spiro atoms. The molecule has 0 aromatic rings. The van der Waals surface area contributed by atoms with E-state index in [1.54, 1.807) is 6.92 Å². The van der Waals surface area contributed by atoms with Crippen LogP contribution in [0.25, 0.3) is 10.4 Å². The first kappa shape index (κ1) is 20.1. The predicted octanol–water partition coefficient (Wildman–Crippen LogP) is 4.13. The van der Waals surface area contributed by atoms with Crippen LogP contribution in [0.2, 0.25) is 6.32 Å². The molecule has 8 heteroatoms. The van der Waals surface area contributed by atoms with Crippen molar-refractivity contribution in [2.24, 2.45) is 16.4 Å². The van der Waals surface area contributed by atoms with Crippen molar-refractivity contribution in [1.29, 1.82) is 0 Å². The Morgan fingerprint density at radius 2 is 1.96 bits per heavy atom. The number of nitrogens with zero attached hydrogens (tertiary/aromatic N) is 3. The Labute approximate surface area is 150 Å². The number of carbonyl (C=O) groups excluding carboxylic acids is 1. The van der Waals surface area contributed by atoms with Crippen molar-refractivity contribution < 1.29 is 18.8 Å². The number of hydrogen-bond acceptors (Lipinski definition) is 5. The van der Waals surface area contributed by atoms with Gasteiger partial charge in [0.05, 0.1) is 23.2 Å². The van der Waals surface area contributed by atoms with E-state index in [9.17, 15) is 4.79 Å². The lowest BCUT2D eigenvalue weighted by Crippen LogP contribution is -2.41. The van der Waals surface area contributed by atoms with Crippen molar-refractivity contribution in [2.75, 3.05) is 13.2 Å². The Kier molecular flexibility index (Phi) is 6.07. The van der Waals surface area contributed by atoms with Crippen LogP contribution < -0.4 is 0 Å². The van der Waals surface area contributed by atoms with Gasteiger partial charge in [0.2, 0.25) is 0 Å². The van der Waals surface area contributed by atoms with E-state index >= 15 is 0 Å². The largest absolute Gasteiger partial charge is 0.466 e. The Bertz CT molecular complexity index is 532. The minimum Gasteiger partial charge on any atom is -0.466 e. The van der Waals surface area contributed by atoms with E-state index in [-0.39, 0.29) is 30.8 Å². The van der Waals surface area contributed by atoms with Crippen molar-refractivity contribution in [3.63, 3.8) is 0 Å². The van der Waals surface area contributed by atoms with E-state index < -0.39 is 5.41 Å². The third-order valence-corrected chi connectivity index (χ3v) is 5.97. The highest BCUT2D eigenvalue weighted by Crippen LogP contribution is 2.46. The third-order valence-electron chi connectivity index (χ3n) is 5.97. The Hall–Kier alpha value is -1.24. The molecule has 140 valence electrons. The van der Waals surface area contributed by atoms with E-state index in [0.29, 0.717) is 25.4 Å². The van der Waals surface area contributed by atoms with Gasteiger partial charge in [-0.1, -0.05) is 11.5 Å². The minimum atomic E-state index is -0.664. The van der Waals surface area contributed by atoms with Crippen LogP contribution in [0.15, 0.2) is 5.11 Å². The molecular weight excluding hydrogens is 321 g/mol.